The molecule has 0 aliphatic heterocycles. The average molecular weight is 532 g/mol. The summed E-state index contributed by atoms with van der Waals surface area (Å²) >= 11 is 5.46. The Morgan fingerprint density at radius 3 is 2.38 bits per heavy atom. The number of hydrogen-bond acceptors (Lipinski definition) is 7. The fourth-order valence-electron chi connectivity index (χ4n) is 3.84. The predicted octanol–water partition coefficient (Wildman–Crippen LogP) is 5.80. The number of aromatic hydroxyl groups is 1. The number of urea groups is 1. The number of hydrogen-bond donors (Lipinski definition) is 2. The first kappa shape index (κ1) is 29.6. The van der Waals surface area contributed by atoms with Crippen molar-refractivity contribution in [2.75, 3.05) is 26.6 Å². The number of nitrogens with zero attached hydrogens (tertiary/aromatic N) is 2. The molecule has 1 aliphatic rings. The maximum atomic E-state index is 12.3. The number of allylic oxidation sites excluding steroid dienone is 1. The van der Waals surface area contributed by atoms with Crippen molar-refractivity contribution in [3.05, 3.63) is 64.6 Å². The largest absolute Gasteiger partial charge is 0.507 e. The van der Waals surface area contributed by atoms with Gasteiger partial charge in [0.05, 0.1) is 26.1 Å². The second-order valence-electron chi connectivity index (χ2n) is 8.63. The van der Waals surface area contributed by atoms with Gasteiger partial charge < -0.3 is 19.9 Å². The van der Waals surface area contributed by atoms with E-state index in [0.717, 1.165) is 42.2 Å². The van der Waals surface area contributed by atoms with Crippen LogP contribution in [0.3, 0.4) is 0 Å². The van der Waals surface area contributed by atoms with E-state index in [-0.39, 0.29) is 41.3 Å². The van der Waals surface area contributed by atoms with Crippen LogP contribution >= 0.6 is 11.6 Å². The first-order chi connectivity index (χ1) is 17.8. The summed E-state index contributed by atoms with van der Waals surface area (Å²) in [4.78, 5) is 34.2. The van der Waals surface area contributed by atoms with Gasteiger partial charge in [-0.25, -0.2) is 4.79 Å². The molecular formula is C27H34ClN3O6. The summed E-state index contributed by atoms with van der Waals surface area (Å²) in [6.45, 7) is 2.37. The van der Waals surface area contributed by atoms with Crippen molar-refractivity contribution in [1.29, 1.82) is 0 Å². The SMILES string of the molecule is CC1CCC(NC(=O)N(CCCl)N=O)CC1.COc1cc(O)c(C(=O)C=Cc2ccccc2)c(OC)c1. The zero-order chi connectivity index (χ0) is 27.2. The second kappa shape index (κ2) is 15.5. The van der Waals surface area contributed by atoms with Gasteiger partial charge >= 0.3 is 6.03 Å². The van der Waals surface area contributed by atoms with Crippen LogP contribution in [0.4, 0.5) is 4.79 Å². The van der Waals surface area contributed by atoms with Gasteiger partial charge in [0.1, 0.15) is 22.8 Å². The molecule has 0 atom stereocenters. The van der Waals surface area contributed by atoms with Gasteiger partial charge in [0, 0.05) is 24.1 Å². The van der Waals surface area contributed by atoms with E-state index < -0.39 is 6.03 Å². The first-order valence-electron chi connectivity index (χ1n) is 12.0. The van der Waals surface area contributed by atoms with Crippen LogP contribution in [0.15, 0.2) is 53.8 Å². The van der Waals surface area contributed by atoms with Crippen LogP contribution in [0.5, 0.6) is 17.2 Å². The zero-order valence-electron chi connectivity index (χ0n) is 21.4. The average Bonchev–Trinajstić information content (AvgIpc) is 2.91. The lowest BCUT2D eigenvalue weighted by atomic mass is 9.87. The minimum Gasteiger partial charge on any atom is -0.507 e. The lowest BCUT2D eigenvalue weighted by Crippen LogP contribution is -2.44. The van der Waals surface area contributed by atoms with Crippen LogP contribution in [0.2, 0.25) is 0 Å². The number of methoxy groups -OCH3 is 2. The normalized spacial score (nSPS) is 16.8. The Labute approximate surface area is 222 Å². The van der Waals surface area contributed by atoms with Crippen molar-refractivity contribution in [3.63, 3.8) is 0 Å². The summed E-state index contributed by atoms with van der Waals surface area (Å²) < 4.78 is 10.2. The molecule has 2 aromatic carbocycles. The molecule has 0 heterocycles. The van der Waals surface area contributed by atoms with Crippen LogP contribution in [-0.4, -0.2) is 54.6 Å². The minimum atomic E-state index is -0.435. The number of rotatable bonds is 9. The summed E-state index contributed by atoms with van der Waals surface area (Å²) in [5.41, 5.74) is 1.02. The van der Waals surface area contributed by atoms with Crippen molar-refractivity contribution >= 4 is 29.5 Å². The van der Waals surface area contributed by atoms with Crippen LogP contribution in [0.25, 0.3) is 6.08 Å². The van der Waals surface area contributed by atoms with Crippen molar-refractivity contribution in [2.45, 2.75) is 38.6 Å². The predicted molar refractivity (Wildman–Crippen MR) is 144 cm³/mol. The number of benzene rings is 2. The van der Waals surface area contributed by atoms with E-state index in [1.165, 1.54) is 26.4 Å². The van der Waals surface area contributed by atoms with Gasteiger partial charge in [0.25, 0.3) is 0 Å². The summed E-state index contributed by atoms with van der Waals surface area (Å²) in [6, 6.07) is 12.1. The van der Waals surface area contributed by atoms with E-state index in [4.69, 9.17) is 21.1 Å². The molecule has 1 fully saturated rings. The Morgan fingerprint density at radius 1 is 1.14 bits per heavy atom. The lowest BCUT2D eigenvalue weighted by molar-refractivity contribution is 0.104. The molecule has 37 heavy (non-hydrogen) atoms. The molecule has 200 valence electrons. The highest BCUT2D eigenvalue weighted by Crippen LogP contribution is 2.33. The number of phenols is 1. The molecule has 1 saturated carbocycles. The second-order valence-corrected chi connectivity index (χ2v) is 9.01. The Kier molecular flexibility index (Phi) is 12.4. The third-order valence-corrected chi connectivity index (χ3v) is 6.13. The van der Waals surface area contributed by atoms with Gasteiger partial charge in [0.15, 0.2) is 5.78 Å². The molecule has 2 N–H and O–H groups in total. The van der Waals surface area contributed by atoms with E-state index in [1.54, 1.807) is 12.1 Å². The van der Waals surface area contributed by atoms with Gasteiger partial charge in [-0.05, 0) is 43.2 Å². The number of halogens is 1. The number of nitroso groups, excluding NO2 is 1. The zero-order valence-corrected chi connectivity index (χ0v) is 22.1. The first-order valence-corrected chi connectivity index (χ1v) is 12.6. The molecule has 0 aromatic heterocycles. The molecule has 0 bridgehead atoms. The third-order valence-electron chi connectivity index (χ3n) is 5.96. The number of phenolic OH excluding ortho intramolecular Hbond substituents is 1. The van der Waals surface area contributed by atoms with E-state index in [0.29, 0.717) is 5.75 Å². The van der Waals surface area contributed by atoms with Crippen molar-refractivity contribution < 1.29 is 24.2 Å². The van der Waals surface area contributed by atoms with Crippen molar-refractivity contribution in [2.24, 2.45) is 11.2 Å². The lowest BCUT2D eigenvalue weighted by Gasteiger charge is -2.27. The van der Waals surface area contributed by atoms with E-state index in [2.05, 4.69) is 17.5 Å². The molecule has 0 unspecified atom stereocenters. The number of carbonyl (C=O) groups is 2. The Hall–Kier alpha value is -3.59. The van der Waals surface area contributed by atoms with E-state index in [9.17, 15) is 19.6 Å². The summed E-state index contributed by atoms with van der Waals surface area (Å²) in [6.07, 6.45) is 7.27. The van der Waals surface area contributed by atoms with Crippen molar-refractivity contribution in [3.8, 4) is 17.2 Å². The number of alkyl halides is 1. The molecule has 0 spiro atoms. The molecule has 10 heteroatoms. The van der Waals surface area contributed by atoms with Crippen LogP contribution < -0.4 is 14.8 Å². The Morgan fingerprint density at radius 2 is 1.81 bits per heavy atom. The van der Waals surface area contributed by atoms with Gasteiger partial charge in [-0.1, -0.05) is 43.3 Å². The number of ether oxygens (including phenoxy) is 2. The minimum absolute atomic E-state index is 0.116. The van der Waals surface area contributed by atoms with Gasteiger partial charge in [0.2, 0.25) is 0 Å². The molecule has 2 amide bonds. The number of ketones is 1. The smallest absolute Gasteiger partial charge is 0.340 e. The molecule has 9 nitrogen and oxygen atoms in total. The van der Waals surface area contributed by atoms with Gasteiger partial charge in [-0.15, -0.1) is 16.5 Å². The Bertz CT molecular complexity index is 1060. The topological polar surface area (TPSA) is 118 Å². The maximum Gasteiger partial charge on any atom is 0.340 e. The molecular weight excluding hydrogens is 498 g/mol. The summed E-state index contributed by atoms with van der Waals surface area (Å²) in [7, 11) is 2.91. The van der Waals surface area contributed by atoms with Crippen LogP contribution in [0, 0.1) is 10.8 Å². The highest BCUT2D eigenvalue weighted by molar-refractivity contribution is 6.18. The quantitative estimate of drug-likeness (QED) is 0.139. The third kappa shape index (κ3) is 9.42. The number of amides is 2. The number of carbonyl (C=O) groups excluding carboxylic acids is 2. The monoisotopic (exact) mass is 531 g/mol. The molecule has 3 rings (SSSR count). The fraction of sp³-hybridized carbons (Fsp3) is 0.407. The highest BCUT2D eigenvalue weighted by atomic mass is 35.5. The fourth-order valence-corrected chi connectivity index (χ4v) is 4.00. The molecule has 0 saturated heterocycles. The molecule has 2 aromatic rings. The number of nitrogens with one attached hydrogen (secondary N) is 1. The van der Waals surface area contributed by atoms with E-state index >= 15 is 0 Å². The van der Waals surface area contributed by atoms with E-state index in [1.807, 2.05) is 30.3 Å². The van der Waals surface area contributed by atoms with Crippen LogP contribution in [-0.2, 0) is 0 Å². The van der Waals surface area contributed by atoms with Crippen LogP contribution in [0.1, 0.15) is 48.5 Å². The van der Waals surface area contributed by atoms with Gasteiger partial charge in [-0.2, -0.15) is 5.01 Å². The highest BCUT2D eigenvalue weighted by Gasteiger charge is 2.22. The standard InChI is InChI=1S/C17H16O4.C10H18ClN3O2/c1-20-13-10-15(19)17(16(11-13)21-2)14(18)9-8-12-6-4-3-5-7-12;1-8-2-4-9(5-3-8)12-10(15)14(13-16)7-6-11/h3-11,19H,1-2H3;8-9H,2-7H2,1H3,(H,12,15). The van der Waals surface area contributed by atoms with Crippen molar-refractivity contribution in [1.82, 2.24) is 10.3 Å². The Balaban J connectivity index is 0.000000271. The summed E-state index contributed by atoms with van der Waals surface area (Å²) in [5.74, 6) is 1.13. The van der Waals surface area contributed by atoms with Gasteiger partial charge in [-0.3, -0.25) is 4.79 Å². The molecule has 1 aliphatic carbocycles. The maximum absolute atomic E-state index is 12.3. The summed E-state index contributed by atoms with van der Waals surface area (Å²) in [5, 5.41) is 16.3. The molecule has 0 radical (unpaired) electrons.